The summed E-state index contributed by atoms with van der Waals surface area (Å²) in [6, 6.07) is 0. The molecule has 0 N–H and O–H groups in total. The van der Waals surface area contributed by atoms with Crippen LogP contribution in [0, 0.1) is 5.92 Å². The second kappa shape index (κ2) is 3.90. The van der Waals surface area contributed by atoms with Crippen molar-refractivity contribution < 1.29 is 4.79 Å². The largest absolute Gasteiger partial charge is 0.349 e. The Morgan fingerprint density at radius 2 is 1.83 bits per heavy atom. The van der Waals surface area contributed by atoms with Gasteiger partial charge in [-0.15, -0.1) is 0 Å². The number of hydrogen-bond donors (Lipinski definition) is 0. The fourth-order valence-corrected chi connectivity index (χ4v) is 1.62. The summed E-state index contributed by atoms with van der Waals surface area (Å²) < 4.78 is 0. The van der Waals surface area contributed by atoms with Crippen LogP contribution >= 0.6 is 0 Å². The van der Waals surface area contributed by atoms with Crippen LogP contribution in [-0.2, 0) is 4.79 Å². The van der Waals surface area contributed by atoms with Gasteiger partial charge in [-0.1, -0.05) is 0 Å². The van der Waals surface area contributed by atoms with Crippen LogP contribution in [0.5, 0.6) is 0 Å². The highest BCUT2D eigenvalue weighted by Crippen LogP contribution is 2.17. The summed E-state index contributed by atoms with van der Waals surface area (Å²) in [5, 5.41) is 0. The van der Waals surface area contributed by atoms with E-state index in [2.05, 4.69) is 11.9 Å². The molecular weight excluding hydrogens is 152 g/mol. The highest BCUT2D eigenvalue weighted by atomic mass is 16.2. The predicted molar refractivity (Wildman–Crippen MR) is 48.9 cm³/mol. The van der Waals surface area contributed by atoms with Gasteiger partial charge < -0.3 is 9.80 Å². The smallest absolute Gasteiger partial charge is 0.225 e. The van der Waals surface area contributed by atoms with Crippen molar-refractivity contribution in [1.82, 2.24) is 9.80 Å². The molecule has 0 unspecified atom stereocenters. The van der Waals surface area contributed by atoms with Gasteiger partial charge in [-0.05, 0) is 33.0 Å². The van der Waals surface area contributed by atoms with E-state index in [1.807, 2.05) is 14.1 Å². The lowest BCUT2D eigenvalue weighted by atomic mass is 9.96. The average molecular weight is 170 g/mol. The Bertz CT molecular complexity index is 160. The number of amides is 1. The summed E-state index contributed by atoms with van der Waals surface area (Å²) in [4.78, 5) is 15.5. The summed E-state index contributed by atoms with van der Waals surface area (Å²) >= 11 is 0. The van der Waals surface area contributed by atoms with Gasteiger partial charge in [-0.2, -0.15) is 0 Å². The van der Waals surface area contributed by atoms with Crippen LogP contribution < -0.4 is 0 Å². The van der Waals surface area contributed by atoms with Gasteiger partial charge in [0.15, 0.2) is 0 Å². The molecule has 12 heavy (non-hydrogen) atoms. The summed E-state index contributed by atoms with van der Waals surface area (Å²) in [5.41, 5.74) is 0. The number of nitrogens with zero attached hydrogens (tertiary/aromatic N) is 2. The van der Waals surface area contributed by atoms with E-state index in [4.69, 9.17) is 0 Å². The Morgan fingerprint density at radius 3 is 2.25 bits per heavy atom. The lowest BCUT2D eigenvalue weighted by molar-refractivity contribution is -0.134. The van der Waals surface area contributed by atoms with Crippen LogP contribution in [-0.4, -0.2) is 49.9 Å². The monoisotopic (exact) mass is 170 g/mol. The third kappa shape index (κ3) is 2.21. The molecule has 0 aromatic carbocycles. The van der Waals surface area contributed by atoms with Crippen molar-refractivity contribution in [2.75, 3.05) is 34.2 Å². The zero-order valence-electron chi connectivity index (χ0n) is 8.21. The van der Waals surface area contributed by atoms with Crippen LogP contribution in [0.2, 0.25) is 0 Å². The van der Waals surface area contributed by atoms with Gasteiger partial charge in [-0.25, -0.2) is 0 Å². The molecule has 3 nitrogen and oxygen atoms in total. The van der Waals surface area contributed by atoms with Crippen molar-refractivity contribution in [2.45, 2.75) is 12.8 Å². The van der Waals surface area contributed by atoms with Crippen LogP contribution in [0.4, 0.5) is 0 Å². The predicted octanol–water partition coefficient (Wildman–Crippen LogP) is 0.416. The van der Waals surface area contributed by atoms with E-state index in [9.17, 15) is 4.79 Å². The molecule has 0 spiro atoms. The van der Waals surface area contributed by atoms with Crippen molar-refractivity contribution in [3.05, 3.63) is 0 Å². The van der Waals surface area contributed by atoms with Gasteiger partial charge >= 0.3 is 0 Å². The molecular formula is C9H18N2O. The Labute approximate surface area is 74.3 Å². The Balaban J connectivity index is 2.39. The van der Waals surface area contributed by atoms with Crippen molar-refractivity contribution in [3.63, 3.8) is 0 Å². The molecule has 70 valence electrons. The number of carbonyl (C=O) groups excluding carboxylic acids is 1. The third-order valence-electron chi connectivity index (χ3n) is 2.51. The minimum atomic E-state index is 0.274. The van der Waals surface area contributed by atoms with E-state index in [1.165, 1.54) is 0 Å². The molecule has 3 heteroatoms. The first-order valence-electron chi connectivity index (χ1n) is 4.51. The fraction of sp³-hybridized carbons (Fsp3) is 0.889. The second-order valence-corrected chi connectivity index (χ2v) is 3.81. The molecule has 1 rings (SSSR count). The summed E-state index contributed by atoms with van der Waals surface area (Å²) in [7, 11) is 5.78. The molecule has 1 aliphatic heterocycles. The number of piperidine rings is 1. The quantitative estimate of drug-likeness (QED) is 0.569. The van der Waals surface area contributed by atoms with Gasteiger partial charge in [0.25, 0.3) is 0 Å². The molecule has 1 fully saturated rings. The Morgan fingerprint density at radius 1 is 1.33 bits per heavy atom. The van der Waals surface area contributed by atoms with Crippen LogP contribution in [0.1, 0.15) is 12.8 Å². The SMILES string of the molecule is CN1CCC(C(=O)N(C)C)CC1. The molecule has 0 atom stereocenters. The molecule has 1 heterocycles. The number of hydrogen-bond acceptors (Lipinski definition) is 2. The van der Waals surface area contributed by atoms with Crippen molar-refractivity contribution in [2.24, 2.45) is 5.92 Å². The van der Waals surface area contributed by atoms with Gasteiger partial charge in [0, 0.05) is 20.0 Å². The number of carbonyl (C=O) groups is 1. The van der Waals surface area contributed by atoms with Crippen LogP contribution in [0.25, 0.3) is 0 Å². The zero-order chi connectivity index (χ0) is 9.14. The summed E-state index contributed by atoms with van der Waals surface area (Å²) in [6.07, 6.45) is 2.04. The lowest BCUT2D eigenvalue weighted by Gasteiger charge is -2.29. The van der Waals surface area contributed by atoms with E-state index < -0.39 is 0 Å². The van der Waals surface area contributed by atoms with Gasteiger partial charge in [0.2, 0.25) is 5.91 Å². The second-order valence-electron chi connectivity index (χ2n) is 3.81. The van der Waals surface area contributed by atoms with E-state index in [0.29, 0.717) is 5.91 Å². The first-order chi connectivity index (χ1) is 5.61. The molecule has 1 aliphatic rings. The molecule has 1 amide bonds. The van der Waals surface area contributed by atoms with Gasteiger partial charge in [0.1, 0.15) is 0 Å². The zero-order valence-corrected chi connectivity index (χ0v) is 8.21. The summed E-state index contributed by atoms with van der Waals surface area (Å²) in [6.45, 7) is 2.12. The van der Waals surface area contributed by atoms with Crippen LogP contribution in [0.3, 0.4) is 0 Å². The molecule has 0 bridgehead atoms. The maximum absolute atomic E-state index is 11.5. The summed E-state index contributed by atoms with van der Waals surface area (Å²) in [5.74, 6) is 0.569. The van der Waals surface area contributed by atoms with Gasteiger partial charge in [-0.3, -0.25) is 4.79 Å². The van der Waals surface area contributed by atoms with E-state index in [0.717, 1.165) is 25.9 Å². The van der Waals surface area contributed by atoms with Crippen molar-refractivity contribution in [3.8, 4) is 0 Å². The topological polar surface area (TPSA) is 23.6 Å². The first-order valence-corrected chi connectivity index (χ1v) is 4.51. The van der Waals surface area contributed by atoms with E-state index in [1.54, 1.807) is 4.90 Å². The minimum Gasteiger partial charge on any atom is -0.349 e. The maximum Gasteiger partial charge on any atom is 0.225 e. The highest BCUT2D eigenvalue weighted by molar-refractivity contribution is 5.78. The molecule has 1 saturated heterocycles. The Hall–Kier alpha value is -0.570. The van der Waals surface area contributed by atoms with Crippen LogP contribution in [0.15, 0.2) is 0 Å². The average Bonchev–Trinajstić information content (AvgIpc) is 2.04. The highest BCUT2D eigenvalue weighted by Gasteiger charge is 2.23. The van der Waals surface area contributed by atoms with Crippen molar-refractivity contribution in [1.29, 1.82) is 0 Å². The molecule has 0 radical (unpaired) electrons. The fourth-order valence-electron chi connectivity index (χ4n) is 1.62. The molecule has 0 aromatic heterocycles. The van der Waals surface area contributed by atoms with E-state index >= 15 is 0 Å². The number of rotatable bonds is 1. The minimum absolute atomic E-state index is 0.274. The molecule has 0 aliphatic carbocycles. The normalized spacial score (nSPS) is 20.9. The number of likely N-dealkylation sites (tertiary alicyclic amines) is 1. The first kappa shape index (κ1) is 9.52. The van der Waals surface area contributed by atoms with Gasteiger partial charge in [0.05, 0.1) is 0 Å². The van der Waals surface area contributed by atoms with Crippen molar-refractivity contribution >= 4 is 5.91 Å². The maximum atomic E-state index is 11.5. The lowest BCUT2D eigenvalue weighted by Crippen LogP contribution is -2.38. The molecule has 0 saturated carbocycles. The third-order valence-corrected chi connectivity index (χ3v) is 2.51. The van der Waals surface area contributed by atoms with E-state index in [-0.39, 0.29) is 5.92 Å². The standard InChI is InChI=1S/C9H18N2O/c1-10(2)9(12)8-4-6-11(3)7-5-8/h8H,4-7H2,1-3H3. The Kier molecular flexibility index (Phi) is 3.09. The molecule has 0 aromatic rings.